The molecule has 1 N–H and O–H groups in total. The number of rotatable bonds is 7. The van der Waals surface area contributed by atoms with Gasteiger partial charge in [0.2, 0.25) is 0 Å². The number of benzene rings is 1. The predicted molar refractivity (Wildman–Crippen MR) is 103 cm³/mol. The van der Waals surface area contributed by atoms with Gasteiger partial charge >= 0.3 is 5.97 Å². The van der Waals surface area contributed by atoms with E-state index in [9.17, 15) is 9.59 Å². The number of tetrazole rings is 1. The van der Waals surface area contributed by atoms with E-state index in [-0.39, 0.29) is 11.6 Å². The van der Waals surface area contributed by atoms with Gasteiger partial charge in [-0.2, -0.15) is 0 Å². The molecule has 0 radical (unpaired) electrons. The molecule has 0 saturated heterocycles. The lowest BCUT2D eigenvalue weighted by molar-refractivity contribution is -0.118. The van der Waals surface area contributed by atoms with Gasteiger partial charge in [0.25, 0.3) is 5.91 Å². The van der Waals surface area contributed by atoms with Crippen molar-refractivity contribution in [1.29, 1.82) is 0 Å². The van der Waals surface area contributed by atoms with Crippen molar-refractivity contribution in [3.8, 4) is 0 Å². The highest BCUT2D eigenvalue weighted by molar-refractivity contribution is 7.16. The Morgan fingerprint density at radius 2 is 2.00 bits per heavy atom. The molecule has 0 fully saturated rings. The van der Waals surface area contributed by atoms with Crippen molar-refractivity contribution in [2.75, 3.05) is 12.4 Å². The van der Waals surface area contributed by atoms with Gasteiger partial charge in [-0.3, -0.25) is 10.1 Å². The van der Waals surface area contributed by atoms with E-state index in [2.05, 4.69) is 25.8 Å². The van der Waals surface area contributed by atoms with Crippen LogP contribution in [0.3, 0.4) is 0 Å². The number of ether oxygens (including phenoxy) is 1. The molecule has 0 saturated carbocycles. The van der Waals surface area contributed by atoms with Crippen molar-refractivity contribution in [3.63, 3.8) is 0 Å². The van der Waals surface area contributed by atoms with E-state index in [0.717, 1.165) is 10.4 Å². The summed E-state index contributed by atoms with van der Waals surface area (Å²) in [4.78, 5) is 30.1. The van der Waals surface area contributed by atoms with Crippen LogP contribution in [-0.4, -0.2) is 44.2 Å². The van der Waals surface area contributed by atoms with Crippen molar-refractivity contribution >= 4 is 28.3 Å². The number of hydrogen-bond acceptors (Lipinski definition) is 8. The second-order valence-corrected chi connectivity index (χ2v) is 7.56. The molecular weight excluding hydrogens is 380 g/mol. The van der Waals surface area contributed by atoms with Crippen molar-refractivity contribution < 1.29 is 14.3 Å². The summed E-state index contributed by atoms with van der Waals surface area (Å²) >= 11 is 1.26. The van der Waals surface area contributed by atoms with E-state index in [4.69, 9.17) is 4.74 Å². The fraction of sp³-hybridized carbons (Fsp3) is 0.333. The Morgan fingerprint density at radius 1 is 1.25 bits per heavy atom. The molecule has 28 heavy (non-hydrogen) atoms. The van der Waals surface area contributed by atoms with Crippen LogP contribution in [0.5, 0.6) is 0 Å². The molecule has 0 unspecified atom stereocenters. The maximum atomic E-state index is 13.0. The molecule has 0 bridgehead atoms. The Hall–Kier alpha value is -3.14. The summed E-state index contributed by atoms with van der Waals surface area (Å²) in [5.41, 5.74) is 0.953. The largest absolute Gasteiger partial charge is 0.464 e. The second kappa shape index (κ2) is 8.70. The lowest BCUT2D eigenvalue weighted by Gasteiger charge is -2.15. The molecule has 9 nitrogen and oxygen atoms in total. The fourth-order valence-corrected chi connectivity index (χ4v) is 3.85. The first-order chi connectivity index (χ1) is 13.5. The first kappa shape index (κ1) is 19.6. The van der Waals surface area contributed by atoms with Gasteiger partial charge in [-0.25, -0.2) is 14.5 Å². The third kappa shape index (κ3) is 4.39. The van der Waals surface area contributed by atoms with Crippen LogP contribution in [0.1, 0.15) is 40.8 Å². The van der Waals surface area contributed by atoms with Crippen LogP contribution in [0.4, 0.5) is 5.13 Å². The molecule has 2 aromatic heterocycles. The Kier molecular flexibility index (Phi) is 6.09. The molecule has 0 aliphatic heterocycles. The molecule has 1 aromatic carbocycles. The van der Waals surface area contributed by atoms with E-state index >= 15 is 0 Å². The molecule has 146 valence electrons. The third-order valence-corrected chi connectivity index (χ3v) is 4.89. The van der Waals surface area contributed by atoms with Gasteiger partial charge in [0.15, 0.2) is 16.9 Å². The first-order valence-corrected chi connectivity index (χ1v) is 9.47. The number of anilines is 1. The van der Waals surface area contributed by atoms with Gasteiger partial charge < -0.3 is 4.74 Å². The summed E-state index contributed by atoms with van der Waals surface area (Å²) in [7, 11) is 1.31. The van der Waals surface area contributed by atoms with Gasteiger partial charge in [-0.1, -0.05) is 44.2 Å². The maximum absolute atomic E-state index is 13.0. The monoisotopic (exact) mass is 400 g/mol. The second-order valence-electron chi connectivity index (χ2n) is 6.47. The summed E-state index contributed by atoms with van der Waals surface area (Å²) in [5, 5.41) is 14.2. The van der Waals surface area contributed by atoms with Crippen LogP contribution in [0, 0.1) is 5.92 Å². The average molecular weight is 400 g/mol. The summed E-state index contributed by atoms with van der Waals surface area (Å²) in [6, 6.07) is 8.39. The minimum Gasteiger partial charge on any atom is -0.464 e. The Morgan fingerprint density at radius 3 is 2.61 bits per heavy atom. The van der Waals surface area contributed by atoms with E-state index < -0.39 is 12.0 Å². The number of aromatic nitrogens is 5. The number of methoxy groups -OCH3 is 1. The summed E-state index contributed by atoms with van der Waals surface area (Å²) in [6.45, 7) is 4.09. The van der Waals surface area contributed by atoms with Crippen LogP contribution >= 0.6 is 11.3 Å². The number of thiazole rings is 1. The van der Waals surface area contributed by atoms with Crippen LogP contribution in [0.25, 0.3) is 0 Å². The number of hydrogen-bond donors (Lipinski definition) is 1. The van der Waals surface area contributed by atoms with Gasteiger partial charge in [0, 0.05) is 4.88 Å². The van der Waals surface area contributed by atoms with Gasteiger partial charge in [0.1, 0.15) is 6.33 Å². The molecule has 3 aromatic rings. The Bertz CT molecular complexity index is 940. The van der Waals surface area contributed by atoms with Crippen LogP contribution in [0.15, 0.2) is 36.7 Å². The first-order valence-electron chi connectivity index (χ1n) is 8.66. The van der Waals surface area contributed by atoms with Crippen LogP contribution in [0.2, 0.25) is 0 Å². The number of carbonyl (C=O) groups is 2. The highest BCUT2D eigenvalue weighted by atomic mass is 32.1. The standard InChI is InChI=1S/C18H20N6O3S/c1-11(2)9-13-14(17(26)27-3)20-18(28-13)21-16(25)15(24-10-19-22-23-24)12-7-5-4-6-8-12/h4-8,10-11,15H,9H2,1-3H3,(H,20,21,25)/t15-/m0/s1. The van der Waals surface area contributed by atoms with E-state index in [0.29, 0.717) is 17.5 Å². The summed E-state index contributed by atoms with van der Waals surface area (Å²) in [6.07, 6.45) is 2.04. The Labute approximate surface area is 165 Å². The highest BCUT2D eigenvalue weighted by Gasteiger charge is 2.26. The summed E-state index contributed by atoms with van der Waals surface area (Å²) in [5.74, 6) is -0.557. The zero-order valence-electron chi connectivity index (χ0n) is 15.7. The smallest absolute Gasteiger partial charge is 0.357 e. The zero-order chi connectivity index (χ0) is 20.1. The molecule has 0 aliphatic rings. The maximum Gasteiger partial charge on any atom is 0.357 e. The van der Waals surface area contributed by atoms with E-state index in [1.165, 1.54) is 29.5 Å². The minimum atomic E-state index is -0.768. The van der Waals surface area contributed by atoms with Crippen LogP contribution in [-0.2, 0) is 16.0 Å². The number of carbonyl (C=O) groups excluding carboxylic acids is 2. The van der Waals surface area contributed by atoms with Gasteiger partial charge in [0.05, 0.1) is 7.11 Å². The van der Waals surface area contributed by atoms with Gasteiger partial charge in [-0.15, -0.1) is 16.4 Å². The molecule has 10 heteroatoms. The summed E-state index contributed by atoms with van der Waals surface area (Å²) < 4.78 is 6.18. The highest BCUT2D eigenvalue weighted by Crippen LogP contribution is 2.28. The molecule has 0 aliphatic carbocycles. The number of amides is 1. The van der Waals surface area contributed by atoms with Crippen molar-refractivity contribution in [1.82, 2.24) is 25.2 Å². The average Bonchev–Trinajstić information content (AvgIpc) is 3.32. The minimum absolute atomic E-state index is 0.232. The fourth-order valence-electron chi connectivity index (χ4n) is 2.69. The molecule has 1 amide bonds. The molecule has 1 atom stereocenters. The van der Waals surface area contributed by atoms with E-state index in [1.807, 2.05) is 44.2 Å². The van der Waals surface area contributed by atoms with Crippen molar-refractivity contribution in [2.24, 2.45) is 5.92 Å². The Balaban J connectivity index is 1.90. The molecule has 2 heterocycles. The third-order valence-electron chi connectivity index (χ3n) is 3.89. The van der Waals surface area contributed by atoms with Crippen molar-refractivity contribution in [3.05, 3.63) is 52.8 Å². The predicted octanol–water partition coefficient (Wildman–Crippen LogP) is 2.34. The number of nitrogens with one attached hydrogen (secondary N) is 1. The normalized spacial score (nSPS) is 12.0. The van der Waals surface area contributed by atoms with E-state index in [1.54, 1.807) is 0 Å². The number of esters is 1. The molecule has 3 rings (SSSR count). The molecule has 0 spiro atoms. The SMILES string of the molecule is COC(=O)c1nc(NC(=O)[C@H](c2ccccc2)n2cnnn2)sc1CC(C)C. The topological polar surface area (TPSA) is 112 Å². The zero-order valence-corrected chi connectivity index (χ0v) is 16.5. The lowest BCUT2D eigenvalue weighted by atomic mass is 10.1. The number of nitrogens with zero attached hydrogens (tertiary/aromatic N) is 5. The van der Waals surface area contributed by atoms with Gasteiger partial charge in [-0.05, 0) is 28.3 Å². The lowest BCUT2D eigenvalue weighted by Crippen LogP contribution is -2.27. The quantitative estimate of drug-likeness (QED) is 0.606. The van der Waals surface area contributed by atoms with Crippen molar-refractivity contribution in [2.45, 2.75) is 26.3 Å². The molecular formula is C18H20N6O3S. The van der Waals surface area contributed by atoms with Crippen LogP contribution < -0.4 is 5.32 Å².